The first-order valence-electron chi connectivity index (χ1n) is 9.85. The molecule has 2 aromatic carbocycles. The van der Waals surface area contributed by atoms with Gasteiger partial charge in [0, 0.05) is 18.2 Å². The van der Waals surface area contributed by atoms with Gasteiger partial charge in [-0.3, -0.25) is 4.79 Å². The molecule has 0 saturated carbocycles. The fourth-order valence-electron chi connectivity index (χ4n) is 3.28. The van der Waals surface area contributed by atoms with Crippen molar-refractivity contribution in [1.29, 1.82) is 0 Å². The number of anilines is 1. The van der Waals surface area contributed by atoms with E-state index in [0.29, 0.717) is 34.6 Å². The maximum atomic E-state index is 12.7. The molecule has 0 aliphatic carbocycles. The van der Waals surface area contributed by atoms with Crippen molar-refractivity contribution >= 4 is 11.6 Å². The summed E-state index contributed by atoms with van der Waals surface area (Å²) in [6.45, 7) is 6.33. The molecule has 31 heavy (non-hydrogen) atoms. The lowest BCUT2D eigenvalue weighted by Crippen LogP contribution is -2.13. The number of rotatable bonds is 8. The Kier molecular flexibility index (Phi) is 6.74. The molecular formula is C24H27NO6. The van der Waals surface area contributed by atoms with Crippen molar-refractivity contribution in [3.8, 4) is 28.9 Å². The van der Waals surface area contributed by atoms with E-state index in [2.05, 4.69) is 19.2 Å². The van der Waals surface area contributed by atoms with E-state index in [-0.39, 0.29) is 11.7 Å². The number of hydrogen-bond acceptors (Lipinski definition) is 6. The highest BCUT2D eigenvalue weighted by Crippen LogP contribution is 2.39. The fourth-order valence-corrected chi connectivity index (χ4v) is 3.28. The molecule has 0 spiro atoms. The zero-order valence-electron chi connectivity index (χ0n) is 18.6. The zero-order chi connectivity index (χ0) is 22.5. The number of ether oxygens (including phenoxy) is 4. The summed E-state index contributed by atoms with van der Waals surface area (Å²) in [6, 6.07) is 12.3. The van der Waals surface area contributed by atoms with Gasteiger partial charge in [-0.25, -0.2) is 0 Å². The molecule has 1 amide bonds. The Bertz CT molecular complexity index is 1040. The van der Waals surface area contributed by atoms with Crippen LogP contribution in [0.4, 0.5) is 5.69 Å². The quantitative estimate of drug-likeness (QED) is 0.493. The Labute approximate surface area is 181 Å². The molecule has 3 aromatic rings. The van der Waals surface area contributed by atoms with Crippen LogP contribution in [0.3, 0.4) is 0 Å². The van der Waals surface area contributed by atoms with Gasteiger partial charge in [0.1, 0.15) is 28.7 Å². The minimum atomic E-state index is -0.469. The lowest BCUT2D eigenvalue weighted by molar-refractivity contribution is 0.0991. The maximum absolute atomic E-state index is 12.7. The predicted octanol–water partition coefficient (Wildman–Crippen LogP) is 5.78. The van der Waals surface area contributed by atoms with E-state index in [4.69, 9.17) is 23.4 Å². The first kappa shape index (κ1) is 22.1. The Morgan fingerprint density at radius 1 is 0.903 bits per heavy atom. The molecular weight excluding hydrogens is 398 g/mol. The molecule has 0 saturated heterocycles. The van der Waals surface area contributed by atoms with E-state index in [9.17, 15) is 4.79 Å². The van der Waals surface area contributed by atoms with Crippen LogP contribution in [-0.4, -0.2) is 27.2 Å². The van der Waals surface area contributed by atoms with Gasteiger partial charge >= 0.3 is 0 Å². The molecule has 0 unspecified atom stereocenters. The number of benzene rings is 2. The van der Waals surface area contributed by atoms with Crippen LogP contribution < -0.4 is 24.3 Å². The van der Waals surface area contributed by atoms with Gasteiger partial charge in [0.15, 0.2) is 5.76 Å². The van der Waals surface area contributed by atoms with E-state index < -0.39 is 5.91 Å². The van der Waals surface area contributed by atoms with Crippen molar-refractivity contribution in [1.82, 2.24) is 0 Å². The van der Waals surface area contributed by atoms with Gasteiger partial charge < -0.3 is 28.7 Å². The second-order valence-electron chi connectivity index (χ2n) is 7.25. The van der Waals surface area contributed by atoms with Gasteiger partial charge in [0.2, 0.25) is 0 Å². The van der Waals surface area contributed by atoms with Crippen molar-refractivity contribution in [2.45, 2.75) is 26.7 Å². The molecule has 0 aliphatic rings. The number of aryl methyl sites for hydroxylation is 1. The second kappa shape index (κ2) is 9.47. The third kappa shape index (κ3) is 4.94. The standard InChI is InChI=1S/C24H27NO6/c1-14(2)18-8-7-16(11-15(18)3)30-22-10-9-19(31-22)24(26)25-23-20(28-5)12-17(27-4)13-21(23)29-6/h7-14H,1-6H3,(H,25,26). The number of furan rings is 1. The van der Waals surface area contributed by atoms with E-state index in [1.807, 2.05) is 25.1 Å². The van der Waals surface area contributed by atoms with Crippen LogP contribution in [0, 0.1) is 6.92 Å². The topological polar surface area (TPSA) is 79.2 Å². The minimum absolute atomic E-state index is 0.0884. The molecule has 7 heteroatoms. The van der Waals surface area contributed by atoms with Crippen LogP contribution in [0.15, 0.2) is 46.9 Å². The SMILES string of the molecule is COc1cc(OC)c(NC(=O)c2ccc(Oc3ccc(C(C)C)c(C)c3)o2)c(OC)c1. The molecule has 0 atom stereocenters. The predicted molar refractivity (Wildman–Crippen MR) is 118 cm³/mol. The summed E-state index contributed by atoms with van der Waals surface area (Å²) in [4.78, 5) is 12.7. The number of nitrogens with one attached hydrogen (secondary N) is 1. The van der Waals surface area contributed by atoms with Crippen molar-refractivity contribution in [3.05, 3.63) is 59.4 Å². The van der Waals surface area contributed by atoms with Gasteiger partial charge in [-0.05, 0) is 42.2 Å². The van der Waals surface area contributed by atoms with Crippen LogP contribution in [0.2, 0.25) is 0 Å². The van der Waals surface area contributed by atoms with Crippen molar-refractivity contribution in [2.24, 2.45) is 0 Å². The van der Waals surface area contributed by atoms with Crippen LogP contribution >= 0.6 is 0 Å². The molecule has 164 valence electrons. The lowest BCUT2D eigenvalue weighted by Gasteiger charge is -2.15. The second-order valence-corrected chi connectivity index (χ2v) is 7.25. The highest BCUT2D eigenvalue weighted by atomic mass is 16.6. The number of carbonyl (C=O) groups excluding carboxylic acids is 1. The summed E-state index contributed by atoms with van der Waals surface area (Å²) in [5.41, 5.74) is 2.76. The third-order valence-corrected chi connectivity index (χ3v) is 4.84. The summed E-state index contributed by atoms with van der Waals surface area (Å²) in [6.07, 6.45) is 0. The summed E-state index contributed by atoms with van der Waals surface area (Å²) >= 11 is 0. The largest absolute Gasteiger partial charge is 0.496 e. The molecule has 0 fully saturated rings. The molecule has 1 aromatic heterocycles. The summed E-state index contributed by atoms with van der Waals surface area (Å²) in [7, 11) is 4.53. The van der Waals surface area contributed by atoms with Gasteiger partial charge in [-0.2, -0.15) is 0 Å². The monoisotopic (exact) mass is 425 g/mol. The van der Waals surface area contributed by atoms with Gasteiger partial charge in [-0.15, -0.1) is 0 Å². The molecule has 7 nitrogen and oxygen atoms in total. The highest BCUT2D eigenvalue weighted by Gasteiger charge is 2.19. The lowest BCUT2D eigenvalue weighted by atomic mass is 9.98. The summed E-state index contributed by atoms with van der Waals surface area (Å²) in [5.74, 6) is 2.24. The Morgan fingerprint density at radius 2 is 1.58 bits per heavy atom. The average molecular weight is 425 g/mol. The number of carbonyl (C=O) groups is 1. The van der Waals surface area contributed by atoms with E-state index in [1.165, 1.54) is 26.9 Å². The third-order valence-electron chi connectivity index (χ3n) is 4.84. The number of methoxy groups -OCH3 is 3. The molecule has 0 bridgehead atoms. The van der Waals surface area contributed by atoms with E-state index in [1.54, 1.807) is 24.3 Å². The highest BCUT2D eigenvalue weighted by molar-refractivity contribution is 6.04. The number of amides is 1. The van der Waals surface area contributed by atoms with Crippen LogP contribution in [0.1, 0.15) is 41.4 Å². The first-order chi connectivity index (χ1) is 14.9. The van der Waals surface area contributed by atoms with Crippen molar-refractivity contribution < 1.29 is 28.2 Å². The molecule has 1 heterocycles. The molecule has 0 aliphatic heterocycles. The Hall–Kier alpha value is -3.61. The number of hydrogen-bond donors (Lipinski definition) is 1. The van der Waals surface area contributed by atoms with Gasteiger partial charge in [-0.1, -0.05) is 19.9 Å². The smallest absolute Gasteiger partial charge is 0.291 e. The Morgan fingerprint density at radius 3 is 2.13 bits per heavy atom. The zero-order valence-corrected chi connectivity index (χ0v) is 18.6. The molecule has 1 N–H and O–H groups in total. The minimum Gasteiger partial charge on any atom is -0.496 e. The van der Waals surface area contributed by atoms with Crippen molar-refractivity contribution in [2.75, 3.05) is 26.6 Å². The summed E-state index contributed by atoms with van der Waals surface area (Å²) in [5, 5.41) is 2.76. The van der Waals surface area contributed by atoms with Crippen molar-refractivity contribution in [3.63, 3.8) is 0 Å². The molecule has 3 rings (SSSR count). The molecule has 0 radical (unpaired) electrons. The summed E-state index contributed by atoms with van der Waals surface area (Å²) < 4.78 is 27.3. The van der Waals surface area contributed by atoms with Crippen LogP contribution in [0.25, 0.3) is 0 Å². The first-order valence-corrected chi connectivity index (χ1v) is 9.85. The van der Waals surface area contributed by atoms with E-state index in [0.717, 1.165) is 5.56 Å². The van der Waals surface area contributed by atoms with Crippen LogP contribution in [-0.2, 0) is 0 Å². The maximum Gasteiger partial charge on any atom is 0.291 e. The fraction of sp³-hybridized carbons (Fsp3) is 0.292. The normalized spacial score (nSPS) is 10.7. The average Bonchev–Trinajstić information content (AvgIpc) is 3.22. The van der Waals surface area contributed by atoms with Gasteiger partial charge in [0.25, 0.3) is 11.9 Å². The van der Waals surface area contributed by atoms with Crippen LogP contribution in [0.5, 0.6) is 28.9 Å². The van der Waals surface area contributed by atoms with Gasteiger partial charge in [0.05, 0.1) is 21.3 Å². The Balaban J connectivity index is 1.77. The van der Waals surface area contributed by atoms with E-state index >= 15 is 0 Å².